The van der Waals surface area contributed by atoms with Crippen LogP contribution in [0.25, 0.3) is 0 Å². The number of piperidine rings is 1. The molecule has 5 aliphatic carbocycles. The number of methoxy groups -OCH3 is 1. The highest BCUT2D eigenvalue weighted by Gasteiger charge is 2.77. The number of ether oxygens (including phenoxy) is 1. The maximum absolute atomic E-state index is 11.1. The summed E-state index contributed by atoms with van der Waals surface area (Å²) in [7, 11) is 1.97. The molecule has 1 aliphatic heterocycles. The van der Waals surface area contributed by atoms with E-state index in [1.165, 1.54) is 67.5 Å². The fourth-order valence-corrected chi connectivity index (χ4v) is 9.75. The van der Waals surface area contributed by atoms with Gasteiger partial charge in [0.25, 0.3) is 0 Å². The van der Waals surface area contributed by atoms with E-state index in [-0.39, 0.29) is 21.8 Å². The minimum Gasteiger partial charge on any atom is -0.508 e. The molecule has 0 radical (unpaired) electrons. The molecule has 34 heavy (non-hydrogen) atoms. The summed E-state index contributed by atoms with van der Waals surface area (Å²) in [6.45, 7) is 19.0. The van der Waals surface area contributed by atoms with Crippen LogP contribution in [0.2, 0.25) is 0 Å². The summed E-state index contributed by atoms with van der Waals surface area (Å²) in [6, 6.07) is 4.66. The van der Waals surface area contributed by atoms with Crippen LogP contribution in [0.5, 0.6) is 5.75 Å². The van der Waals surface area contributed by atoms with Gasteiger partial charge in [0.1, 0.15) is 5.75 Å². The summed E-state index contributed by atoms with van der Waals surface area (Å²) in [5.41, 5.74) is 5.62. The lowest BCUT2D eigenvalue weighted by Gasteiger charge is -2.74. The van der Waals surface area contributed by atoms with Crippen LogP contribution in [0.15, 0.2) is 24.3 Å². The molecule has 2 spiro atoms. The summed E-state index contributed by atoms with van der Waals surface area (Å²) >= 11 is 0. The predicted octanol–water partition coefficient (Wildman–Crippen LogP) is 6.40. The molecular weight excluding hydrogens is 418 g/mol. The van der Waals surface area contributed by atoms with Gasteiger partial charge in [-0.1, -0.05) is 39.0 Å². The zero-order valence-electron chi connectivity index (χ0n) is 22.3. The number of phenols is 1. The van der Waals surface area contributed by atoms with Crippen LogP contribution in [-0.4, -0.2) is 41.8 Å². The number of aryl methyl sites for hydroxylation is 1. The third-order valence-electron chi connectivity index (χ3n) is 11.6. The van der Waals surface area contributed by atoms with E-state index in [0.29, 0.717) is 23.6 Å². The van der Waals surface area contributed by atoms with Crippen molar-refractivity contribution in [2.24, 2.45) is 28.6 Å². The number of hydrogen-bond acceptors (Lipinski definition) is 3. The van der Waals surface area contributed by atoms with Gasteiger partial charge in [-0.25, -0.2) is 0 Å². The lowest BCUT2D eigenvalue weighted by molar-refractivity contribution is -0.258. The summed E-state index contributed by atoms with van der Waals surface area (Å²) < 4.78 is 6.74. The first kappa shape index (κ1) is 23.1. The van der Waals surface area contributed by atoms with E-state index in [0.717, 1.165) is 18.8 Å². The lowest BCUT2D eigenvalue weighted by Crippen LogP contribution is -2.76. The Hall–Kier alpha value is -1.32. The van der Waals surface area contributed by atoms with Crippen LogP contribution in [0.1, 0.15) is 82.9 Å². The van der Waals surface area contributed by atoms with Gasteiger partial charge in [0.05, 0.1) is 5.60 Å². The second kappa shape index (κ2) is 7.13. The molecule has 7 rings (SSSR count). The Labute approximate surface area is 207 Å². The summed E-state index contributed by atoms with van der Waals surface area (Å²) in [4.78, 5) is 2.86. The van der Waals surface area contributed by atoms with Crippen LogP contribution < -0.4 is 0 Å². The summed E-state index contributed by atoms with van der Waals surface area (Å²) in [6.07, 6.45) is 8.48. The SMILES string of the molecule is C=C([C@H]1C[C@@]23CC[C@@]1(OC)[C@@H]1Cc4c(O)ccc(C)c4[C@@]12CCN(CC1CC1)[C@@H]3C)C(C)(C)C. The minimum atomic E-state index is -0.192. The van der Waals surface area contributed by atoms with E-state index in [2.05, 4.69) is 45.6 Å². The molecule has 1 aromatic rings. The van der Waals surface area contributed by atoms with E-state index < -0.39 is 0 Å². The molecule has 6 aliphatic rings. The van der Waals surface area contributed by atoms with Crippen LogP contribution in [0, 0.1) is 35.5 Å². The number of fused-ring (bicyclic) bond motifs is 3. The van der Waals surface area contributed by atoms with Crippen LogP contribution >= 0.6 is 0 Å². The van der Waals surface area contributed by atoms with Gasteiger partial charge in [-0.05, 0) is 105 Å². The number of nitrogens with zero attached hydrogens (tertiary/aromatic N) is 1. The first-order valence-corrected chi connectivity index (χ1v) is 13.8. The van der Waals surface area contributed by atoms with Gasteiger partial charge in [0, 0.05) is 36.9 Å². The number of rotatable bonds is 4. The average molecular weight is 464 g/mol. The molecule has 1 aromatic carbocycles. The lowest BCUT2D eigenvalue weighted by atomic mass is 9.34. The monoisotopic (exact) mass is 463 g/mol. The van der Waals surface area contributed by atoms with Crippen LogP contribution in [0.3, 0.4) is 0 Å². The quantitative estimate of drug-likeness (QED) is 0.524. The molecule has 186 valence electrons. The van der Waals surface area contributed by atoms with Gasteiger partial charge in [-0.15, -0.1) is 0 Å². The Morgan fingerprint density at radius 3 is 2.59 bits per heavy atom. The second-order valence-electron chi connectivity index (χ2n) is 13.7. The smallest absolute Gasteiger partial charge is 0.119 e. The number of aromatic hydroxyl groups is 1. The van der Waals surface area contributed by atoms with Gasteiger partial charge in [-0.3, -0.25) is 4.90 Å². The van der Waals surface area contributed by atoms with E-state index in [1.807, 2.05) is 13.2 Å². The molecule has 6 atom stereocenters. The van der Waals surface area contributed by atoms with Crippen molar-refractivity contribution in [1.82, 2.24) is 4.90 Å². The molecule has 0 unspecified atom stereocenters. The van der Waals surface area contributed by atoms with Gasteiger partial charge in [-0.2, -0.15) is 0 Å². The van der Waals surface area contributed by atoms with Crippen molar-refractivity contribution in [3.8, 4) is 5.75 Å². The third kappa shape index (κ3) is 2.67. The van der Waals surface area contributed by atoms with Gasteiger partial charge >= 0.3 is 0 Å². The highest BCUT2D eigenvalue weighted by atomic mass is 16.5. The highest BCUT2D eigenvalue weighted by molar-refractivity contribution is 5.57. The van der Waals surface area contributed by atoms with E-state index in [1.54, 1.807) is 0 Å². The maximum Gasteiger partial charge on any atom is 0.119 e. The van der Waals surface area contributed by atoms with Crippen LogP contribution in [-0.2, 0) is 16.6 Å². The zero-order chi connectivity index (χ0) is 24.3. The standard InChI is InChI=1S/C31H45NO2/c1-19-8-11-25(33)23-16-26-30(27(19)23)14-15-32(18-22-9-10-22)21(3)29(30)12-13-31(26,34-7)24(17-29)20(2)28(4,5)6/h8,11,21-22,24,26,33H,2,9-10,12-18H2,1,3-7H3/t21-,24-,26-,29-,30-,31+/m1/s1. The Morgan fingerprint density at radius 2 is 1.94 bits per heavy atom. The van der Waals surface area contributed by atoms with Gasteiger partial charge in [0.2, 0.25) is 0 Å². The van der Waals surface area contributed by atoms with Crippen molar-refractivity contribution in [1.29, 1.82) is 0 Å². The number of phenolic OH excluding ortho intramolecular Hbond substituents is 1. The predicted molar refractivity (Wildman–Crippen MR) is 138 cm³/mol. The first-order chi connectivity index (χ1) is 16.0. The van der Waals surface area contributed by atoms with Crippen molar-refractivity contribution in [3.63, 3.8) is 0 Å². The third-order valence-corrected chi connectivity index (χ3v) is 11.6. The van der Waals surface area contributed by atoms with E-state index in [4.69, 9.17) is 11.3 Å². The molecule has 1 heterocycles. The molecule has 0 aromatic heterocycles. The Morgan fingerprint density at radius 1 is 1.21 bits per heavy atom. The van der Waals surface area contributed by atoms with Crippen molar-refractivity contribution in [2.45, 2.75) is 96.6 Å². The van der Waals surface area contributed by atoms with E-state index >= 15 is 0 Å². The number of likely N-dealkylation sites (tertiary alicyclic amines) is 1. The zero-order valence-corrected chi connectivity index (χ0v) is 22.3. The Bertz CT molecular complexity index is 1030. The molecule has 0 amide bonds. The largest absolute Gasteiger partial charge is 0.508 e. The Balaban J connectivity index is 1.58. The van der Waals surface area contributed by atoms with Crippen molar-refractivity contribution < 1.29 is 9.84 Å². The average Bonchev–Trinajstić information content (AvgIpc) is 3.54. The Kier molecular flexibility index (Phi) is 4.84. The van der Waals surface area contributed by atoms with Crippen molar-refractivity contribution in [3.05, 3.63) is 41.0 Å². The maximum atomic E-state index is 11.1. The van der Waals surface area contributed by atoms with Crippen LogP contribution in [0.4, 0.5) is 0 Å². The molecule has 3 nitrogen and oxygen atoms in total. The van der Waals surface area contributed by atoms with Crippen molar-refractivity contribution in [2.75, 3.05) is 20.2 Å². The molecule has 3 heteroatoms. The van der Waals surface area contributed by atoms with Crippen molar-refractivity contribution >= 4 is 0 Å². The number of benzene rings is 1. The fourth-order valence-electron chi connectivity index (χ4n) is 9.75. The topological polar surface area (TPSA) is 32.7 Å². The molecule has 4 saturated carbocycles. The molecule has 1 N–H and O–H groups in total. The fraction of sp³-hybridized carbons (Fsp3) is 0.742. The molecular formula is C31H45NO2. The van der Waals surface area contributed by atoms with E-state index in [9.17, 15) is 5.11 Å². The molecule has 1 saturated heterocycles. The normalized spacial score (nSPS) is 41.2. The molecule has 2 bridgehead atoms. The first-order valence-electron chi connectivity index (χ1n) is 13.8. The van der Waals surface area contributed by atoms with Gasteiger partial charge in [0.15, 0.2) is 0 Å². The number of hydrogen-bond donors (Lipinski definition) is 1. The summed E-state index contributed by atoms with van der Waals surface area (Å²) in [5, 5.41) is 11.1. The van der Waals surface area contributed by atoms with Gasteiger partial charge < -0.3 is 9.84 Å². The second-order valence-corrected chi connectivity index (χ2v) is 13.7. The summed E-state index contributed by atoms with van der Waals surface area (Å²) in [5.74, 6) is 2.19. The molecule has 5 fully saturated rings. The minimum absolute atomic E-state index is 0.0576. The highest BCUT2D eigenvalue weighted by Crippen LogP contribution is 2.77.